The van der Waals surface area contributed by atoms with Crippen molar-refractivity contribution in [3.8, 4) is 11.5 Å². The van der Waals surface area contributed by atoms with E-state index in [0.717, 1.165) is 16.9 Å². The zero-order valence-electron chi connectivity index (χ0n) is 13.0. The maximum absolute atomic E-state index is 13.4. The largest absolute Gasteiger partial charge is 0.457 e. The van der Waals surface area contributed by atoms with E-state index in [1.807, 2.05) is 19.9 Å². The van der Waals surface area contributed by atoms with Crippen LogP contribution >= 0.6 is 0 Å². The molecule has 0 aromatic heterocycles. The molecule has 2 rings (SSSR count). The average Bonchev–Trinajstić information content (AvgIpc) is 2.40. The van der Waals surface area contributed by atoms with Gasteiger partial charge in [0.05, 0.1) is 0 Å². The van der Waals surface area contributed by atoms with Crippen LogP contribution in [0, 0.1) is 12.7 Å². The van der Waals surface area contributed by atoms with Crippen LogP contribution in [-0.4, -0.2) is 0 Å². The first-order valence-corrected chi connectivity index (χ1v) is 7.22. The Hall–Kier alpha value is -1.87. The highest BCUT2D eigenvalue weighted by molar-refractivity contribution is 5.45. The summed E-state index contributed by atoms with van der Waals surface area (Å²) in [6.07, 6.45) is 0. The minimum atomic E-state index is -0.303. The zero-order valence-corrected chi connectivity index (χ0v) is 13.0. The van der Waals surface area contributed by atoms with Crippen LogP contribution in [0.5, 0.6) is 11.5 Å². The molecular formula is C18H22FNO. The number of benzene rings is 2. The Kier molecular flexibility index (Phi) is 4.63. The summed E-state index contributed by atoms with van der Waals surface area (Å²) in [5, 5.41) is 0. The lowest BCUT2D eigenvalue weighted by atomic mass is 10.0. The molecule has 3 heteroatoms. The number of nitrogens with two attached hydrogens (primary N) is 1. The molecule has 0 saturated carbocycles. The Bertz CT molecular complexity index is 635. The second kappa shape index (κ2) is 6.27. The summed E-state index contributed by atoms with van der Waals surface area (Å²) in [6.45, 7) is 8.08. The van der Waals surface area contributed by atoms with Crippen molar-refractivity contribution in [2.24, 2.45) is 5.73 Å². The molecule has 0 aliphatic carbocycles. The van der Waals surface area contributed by atoms with E-state index < -0.39 is 0 Å². The third kappa shape index (κ3) is 3.61. The van der Waals surface area contributed by atoms with Crippen LogP contribution in [0.3, 0.4) is 0 Å². The number of halogens is 1. The molecule has 0 aliphatic heterocycles. The summed E-state index contributed by atoms with van der Waals surface area (Å²) in [5.74, 6) is 1.46. The van der Waals surface area contributed by atoms with Crippen LogP contribution in [0.1, 0.15) is 49.4 Å². The van der Waals surface area contributed by atoms with Gasteiger partial charge in [0.15, 0.2) is 0 Å². The molecule has 0 saturated heterocycles. The SMILES string of the molecule is Cc1ccc(C(C)C)c(Oc2ccc(F)cc2[C@@H](C)N)c1. The van der Waals surface area contributed by atoms with Gasteiger partial charge >= 0.3 is 0 Å². The monoisotopic (exact) mass is 287 g/mol. The lowest BCUT2D eigenvalue weighted by Gasteiger charge is -2.18. The predicted octanol–water partition coefficient (Wildman–Crippen LogP) is 5.07. The highest BCUT2D eigenvalue weighted by atomic mass is 19.1. The van der Waals surface area contributed by atoms with E-state index in [0.29, 0.717) is 17.2 Å². The minimum Gasteiger partial charge on any atom is -0.457 e. The van der Waals surface area contributed by atoms with E-state index in [1.54, 1.807) is 6.07 Å². The van der Waals surface area contributed by atoms with E-state index in [9.17, 15) is 4.39 Å². The standard InChI is InChI=1S/C18H22FNO/c1-11(2)15-7-5-12(3)9-18(15)21-17-8-6-14(19)10-16(17)13(4)20/h5-11,13H,20H2,1-4H3/t13-/m1/s1. The first-order valence-electron chi connectivity index (χ1n) is 7.22. The fourth-order valence-electron chi connectivity index (χ4n) is 2.29. The predicted molar refractivity (Wildman–Crippen MR) is 84.3 cm³/mol. The lowest BCUT2D eigenvalue weighted by molar-refractivity contribution is 0.460. The second-order valence-corrected chi connectivity index (χ2v) is 5.77. The molecule has 112 valence electrons. The highest BCUT2D eigenvalue weighted by Crippen LogP contribution is 2.34. The number of rotatable bonds is 4. The molecule has 0 heterocycles. The van der Waals surface area contributed by atoms with Crippen molar-refractivity contribution >= 4 is 0 Å². The van der Waals surface area contributed by atoms with E-state index in [2.05, 4.69) is 26.0 Å². The van der Waals surface area contributed by atoms with Crippen molar-refractivity contribution in [3.63, 3.8) is 0 Å². The van der Waals surface area contributed by atoms with Crippen molar-refractivity contribution in [1.29, 1.82) is 0 Å². The number of aryl methyl sites for hydroxylation is 1. The highest BCUT2D eigenvalue weighted by Gasteiger charge is 2.14. The first-order chi connectivity index (χ1) is 9.88. The smallest absolute Gasteiger partial charge is 0.132 e. The van der Waals surface area contributed by atoms with Gasteiger partial charge in [0.2, 0.25) is 0 Å². The maximum Gasteiger partial charge on any atom is 0.132 e. The maximum atomic E-state index is 13.4. The van der Waals surface area contributed by atoms with Crippen LogP contribution < -0.4 is 10.5 Å². The summed E-state index contributed by atoms with van der Waals surface area (Å²) in [4.78, 5) is 0. The summed E-state index contributed by atoms with van der Waals surface area (Å²) >= 11 is 0. The Morgan fingerprint density at radius 1 is 0.952 bits per heavy atom. The van der Waals surface area contributed by atoms with E-state index >= 15 is 0 Å². The summed E-state index contributed by atoms with van der Waals surface area (Å²) in [5.41, 5.74) is 8.84. The van der Waals surface area contributed by atoms with Gasteiger partial charge in [-0.25, -0.2) is 4.39 Å². The molecule has 0 bridgehead atoms. The molecule has 0 spiro atoms. The normalized spacial score (nSPS) is 12.5. The molecule has 2 aromatic carbocycles. The lowest BCUT2D eigenvalue weighted by Crippen LogP contribution is -2.07. The molecule has 2 N–H and O–H groups in total. The summed E-state index contributed by atoms with van der Waals surface area (Å²) in [7, 11) is 0. The quantitative estimate of drug-likeness (QED) is 0.852. The number of ether oxygens (including phenoxy) is 1. The summed E-state index contributed by atoms with van der Waals surface area (Å²) < 4.78 is 19.5. The van der Waals surface area contributed by atoms with Gasteiger partial charge in [-0.3, -0.25) is 0 Å². The van der Waals surface area contributed by atoms with Crippen molar-refractivity contribution in [3.05, 3.63) is 58.9 Å². The molecule has 2 aromatic rings. The van der Waals surface area contributed by atoms with Crippen LogP contribution in [0.25, 0.3) is 0 Å². The number of hydrogen-bond donors (Lipinski definition) is 1. The Labute approximate surface area is 125 Å². The third-order valence-electron chi connectivity index (χ3n) is 3.47. The van der Waals surface area contributed by atoms with Gasteiger partial charge in [0.25, 0.3) is 0 Å². The topological polar surface area (TPSA) is 35.2 Å². The molecule has 0 amide bonds. The Morgan fingerprint density at radius 3 is 2.29 bits per heavy atom. The van der Waals surface area contributed by atoms with E-state index in [1.165, 1.54) is 12.1 Å². The van der Waals surface area contributed by atoms with Gasteiger partial charge in [0, 0.05) is 11.6 Å². The fraction of sp³-hybridized carbons (Fsp3) is 0.333. The number of hydrogen-bond acceptors (Lipinski definition) is 2. The molecule has 2 nitrogen and oxygen atoms in total. The van der Waals surface area contributed by atoms with Gasteiger partial charge in [-0.05, 0) is 55.2 Å². The fourth-order valence-corrected chi connectivity index (χ4v) is 2.29. The summed E-state index contributed by atoms with van der Waals surface area (Å²) in [6, 6.07) is 10.3. The van der Waals surface area contributed by atoms with Gasteiger partial charge in [-0.15, -0.1) is 0 Å². The molecule has 0 fully saturated rings. The van der Waals surface area contributed by atoms with Crippen LogP contribution in [0.15, 0.2) is 36.4 Å². The third-order valence-corrected chi connectivity index (χ3v) is 3.47. The van der Waals surface area contributed by atoms with E-state index in [4.69, 9.17) is 10.5 Å². The van der Waals surface area contributed by atoms with Gasteiger partial charge in [0.1, 0.15) is 17.3 Å². The van der Waals surface area contributed by atoms with Crippen LogP contribution in [0.2, 0.25) is 0 Å². The van der Waals surface area contributed by atoms with Gasteiger partial charge in [-0.1, -0.05) is 26.0 Å². The van der Waals surface area contributed by atoms with Crippen LogP contribution in [0.4, 0.5) is 4.39 Å². The molecule has 0 radical (unpaired) electrons. The molecule has 0 aliphatic rings. The average molecular weight is 287 g/mol. The van der Waals surface area contributed by atoms with Crippen molar-refractivity contribution in [2.75, 3.05) is 0 Å². The van der Waals surface area contributed by atoms with Crippen molar-refractivity contribution in [2.45, 2.75) is 39.7 Å². The van der Waals surface area contributed by atoms with Crippen molar-refractivity contribution < 1.29 is 9.13 Å². The second-order valence-electron chi connectivity index (χ2n) is 5.77. The zero-order chi connectivity index (χ0) is 15.6. The molecule has 21 heavy (non-hydrogen) atoms. The molecule has 1 atom stereocenters. The van der Waals surface area contributed by atoms with Gasteiger partial charge < -0.3 is 10.5 Å². The van der Waals surface area contributed by atoms with E-state index in [-0.39, 0.29) is 11.9 Å². The van der Waals surface area contributed by atoms with Crippen molar-refractivity contribution in [1.82, 2.24) is 0 Å². The van der Waals surface area contributed by atoms with Gasteiger partial charge in [-0.2, -0.15) is 0 Å². The molecule has 0 unspecified atom stereocenters. The minimum absolute atomic E-state index is 0.289. The Balaban J connectivity index is 2.45. The van der Waals surface area contributed by atoms with Crippen LogP contribution in [-0.2, 0) is 0 Å². The molecular weight excluding hydrogens is 265 g/mol. The Morgan fingerprint density at radius 2 is 1.67 bits per heavy atom. The first kappa shape index (κ1) is 15.5.